The molecule has 20 aromatic rings. The fourth-order valence-corrected chi connectivity index (χ4v) is 17.0. The Morgan fingerprint density at radius 2 is 0.422 bits per heavy atom. The minimum absolute atomic E-state index is 0.768. The third-order valence-electron chi connectivity index (χ3n) is 21.0. The van der Waals surface area contributed by atoms with Crippen LogP contribution in [0.3, 0.4) is 0 Å². The predicted molar refractivity (Wildman–Crippen MR) is 429 cm³/mol. The lowest BCUT2D eigenvalue weighted by molar-refractivity contribution is 0.961. The molecule has 5 aromatic heterocycles. The van der Waals surface area contributed by atoms with Crippen LogP contribution in [0.1, 0.15) is 11.1 Å². The molecule has 478 valence electrons. The second-order valence-corrected chi connectivity index (χ2v) is 27.0. The van der Waals surface area contributed by atoms with Gasteiger partial charge in [0.1, 0.15) is 11.4 Å². The molecule has 0 aliphatic rings. The van der Waals surface area contributed by atoms with Crippen LogP contribution in [0.5, 0.6) is 0 Å². The van der Waals surface area contributed by atoms with Crippen molar-refractivity contribution in [2.24, 2.45) is 0 Å². The molecule has 0 spiro atoms. The van der Waals surface area contributed by atoms with E-state index in [0.29, 0.717) is 0 Å². The smallest absolute Gasteiger partial charge is 0.165 e. The number of hydrogen-bond acceptors (Lipinski definition) is 1. The molecule has 5 heterocycles. The van der Waals surface area contributed by atoms with Gasteiger partial charge in [-0.25, -0.2) is 4.98 Å². The van der Waals surface area contributed by atoms with Gasteiger partial charge in [-0.1, -0.05) is 321 Å². The summed E-state index contributed by atoms with van der Waals surface area (Å²) < 4.78 is 10.3. The summed E-state index contributed by atoms with van der Waals surface area (Å²) in [6.45, 7) is 4.51. The molecule has 0 aliphatic carbocycles. The van der Waals surface area contributed by atoms with E-state index in [4.69, 9.17) is 4.98 Å². The molecular weight excluding hydrogens is 1240 g/mol. The zero-order chi connectivity index (χ0) is 67.5. The maximum atomic E-state index is 6.84. The summed E-state index contributed by atoms with van der Waals surface area (Å²) in [5, 5.41) is 9.19. The maximum Gasteiger partial charge on any atom is 0.165 e. The van der Waals surface area contributed by atoms with Gasteiger partial charge in [0.05, 0.1) is 44.1 Å². The number of nitrogens with zero attached hydrogens (tertiary/aromatic N) is 5. The van der Waals surface area contributed by atoms with Crippen molar-refractivity contribution in [3.63, 3.8) is 0 Å². The highest BCUT2D eigenvalue weighted by molar-refractivity contribution is 6.25. The zero-order valence-corrected chi connectivity index (χ0v) is 56.3. The summed E-state index contributed by atoms with van der Waals surface area (Å²) in [6, 6.07) is 132. The van der Waals surface area contributed by atoms with Crippen LogP contribution in [0.2, 0.25) is 0 Å². The van der Waals surface area contributed by atoms with E-state index in [0.717, 1.165) is 199 Å². The van der Waals surface area contributed by atoms with Gasteiger partial charge in [-0.05, 0) is 135 Å². The van der Waals surface area contributed by atoms with Crippen LogP contribution in [0.25, 0.3) is 188 Å². The molecular formula is C97H65N5. The average molecular weight is 1300 g/mol. The SMILES string of the molecule is Cc1cc(C)cc(-c2c(-n3c4cccc(-c5ccccc5)c4c4c(-c5ccccc5)cccc43)c(-n3c4ccccc4c4ccccc43)nc(-n3c4cccc(-c5ccccc5)c4c4c(-c5ccccc5)cccc43)c2-n2c3cccc(-c4ccccc4)c3c3c(-c4ccccc4)cccc32)c1. The molecule has 20 rings (SSSR count). The summed E-state index contributed by atoms with van der Waals surface area (Å²) in [5.41, 5.74) is 28.3. The summed E-state index contributed by atoms with van der Waals surface area (Å²) in [7, 11) is 0. The normalized spacial score (nSPS) is 11.8. The Balaban J connectivity index is 1.10. The molecule has 0 aliphatic heterocycles. The first-order valence-electron chi connectivity index (χ1n) is 35.2. The van der Waals surface area contributed by atoms with Crippen LogP contribution >= 0.6 is 0 Å². The standard InChI is InChI=1S/C97H65N5/c1-62-59-63(2)61-70(60-62)87-94(99-81-53-25-45-71(64-31-9-3-10-32-64)88(81)89-72(46-26-54-82(89)99)65-33-11-4-12-34-65)96(101-79-51-23-21-43-77(79)78-44-22-24-52-80(78)101)98-97(102-85-57-29-49-75(68-39-17-7-18-40-68)92(85)93-76(50-30-58-86(93)102)69-41-19-8-20-42-69)95(87)100-83-55-27-47-73(66-35-13-5-14-36-66)90(83)91-74(48-28-56-84(91)100)67-37-15-6-16-38-67/h3-61H,1-2H3. The van der Waals surface area contributed by atoms with Crippen LogP contribution < -0.4 is 0 Å². The maximum absolute atomic E-state index is 6.84. The Morgan fingerprint density at radius 3 is 0.696 bits per heavy atom. The van der Waals surface area contributed by atoms with Crippen LogP contribution in [0.4, 0.5) is 0 Å². The van der Waals surface area contributed by atoms with Crippen molar-refractivity contribution < 1.29 is 0 Å². The molecule has 0 amide bonds. The minimum atomic E-state index is 0.768. The lowest BCUT2D eigenvalue weighted by Crippen LogP contribution is -2.16. The average Bonchev–Trinajstić information content (AvgIpc) is 1.49. The highest BCUT2D eigenvalue weighted by Gasteiger charge is 2.35. The number of rotatable bonds is 11. The van der Waals surface area contributed by atoms with Gasteiger partial charge in [-0.15, -0.1) is 0 Å². The molecule has 0 saturated heterocycles. The molecule has 0 bridgehead atoms. The molecule has 5 heteroatoms. The van der Waals surface area contributed by atoms with Gasteiger partial charge < -0.3 is 9.13 Å². The van der Waals surface area contributed by atoms with Gasteiger partial charge in [0.25, 0.3) is 0 Å². The van der Waals surface area contributed by atoms with E-state index in [1.54, 1.807) is 0 Å². The van der Waals surface area contributed by atoms with Gasteiger partial charge in [-0.3, -0.25) is 9.13 Å². The number of aromatic nitrogens is 5. The lowest BCUT2D eigenvalue weighted by atomic mass is 9.95. The third kappa shape index (κ3) is 9.08. The van der Waals surface area contributed by atoms with Crippen LogP contribution in [-0.2, 0) is 0 Å². The first-order chi connectivity index (χ1) is 50.5. The first kappa shape index (κ1) is 58.8. The minimum Gasteiger partial charge on any atom is -0.305 e. The second-order valence-electron chi connectivity index (χ2n) is 27.0. The van der Waals surface area contributed by atoms with Gasteiger partial charge in [0.2, 0.25) is 0 Å². The lowest BCUT2D eigenvalue weighted by Gasteiger charge is -2.27. The van der Waals surface area contributed by atoms with Crippen molar-refractivity contribution >= 4 is 87.2 Å². The molecule has 15 aromatic carbocycles. The number of fused-ring (bicyclic) bond motifs is 12. The van der Waals surface area contributed by atoms with Gasteiger partial charge in [0, 0.05) is 48.7 Å². The summed E-state index contributed by atoms with van der Waals surface area (Å²) >= 11 is 0. The quantitative estimate of drug-likeness (QED) is 0.127. The Kier molecular flexibility index (Phi) is 13.7. The Labute approximate surface area is 590 Å². The van der Waals surface area contributed by atoms with E-state index in [-0.39, 0.29) is 0 Å². The molecule has 0 saturated carbocycles. The van der Waals surface area contributed by atoms with Crippen LogP contribution in [0.15, 0.2) is 358 Å². The summed E-state index contributed by atoms with van der Waals surface area (Å²) in [6.07, 6.45) is 0. The Bertz CT molecular complexity index is 6350. The van der Waals surface area contributed by atoms with Crippen molar-refractivity contribution in [1.29, 1.82) is 0 Å². The van der Waals surface area contributed by atoms with E-state index in [2.05, 4.69) is 390 Å². The van der Waals surface area contributed by atoms with E-state index < -0.39 is 0 Å². The molecule has 0 N–H and O–H groups in total. The summed E-state index contributed by atoms with van der Waals surface area (Å²) in [5.74, 6) is 1.54. The van der Waals surface area contributed by atoms with Crippen molar-refractivity contribution in [1.82, 2.24) is 23.3 Å². The number of aryl methyl sites for hydroxylation is 2. The van der Waals surface area contributed by atoms with Gasteiger partial charge in [0.15, 0.2) is 11.6 Å². The first-order valence-corrected chi connectivity index (χ1v) is 35.2. The molecule has 5 nitrogen and oxygen atoms in total. The highest BCUT2D eigenvalue weighted by atomic mass is 15.2. The predicted octanol–water partition coefficient (Wildman–Crippen LogP) is 25.8. The fraction of sp³-hybridized carbons (Fsp3) is 0.0206. The van der Waals surface area contributed by atoms with Crippen LogP contribution in [-0.4, -0.2) is 23.3 Å². The summed E-state index contributed by atoms with van der Waals surface area (Å²) in [4.78, 5) is 6.84. The van der Waals surface area contributed by atoms with Gasteiger partial charge in [-0.2, -0.15) is 0 Å². The Morgan fingerprint density at radius 1 is 0.196 bits per heavy atom. The Hall–Kier alpha value is -13.4. The van der Waals surface area contributed by atoms with Crippen molar-refractivity contribution in [3.8, 4) is 101 Å². The number of para-hydroxylation sites is 2. The van der Waals surface area contributed by atoms with E-state index in [9.17, 15) is 0 Å². The molecule has 0 atom stereocenters. The third-order valence-corrected chi connectivity index (χ3v) is 21.0. The molecule has 0 unspecified atom stereocenters. The number of pyridine rings is 1. The highest BCUT2D eigenvalue weighted by Crippen LogP contribution is 2.54. The second kappa shape index (κ2) is 23.7. The topological polar surface area (TPSA) is 32.6 Å². The number of hydrogen-bond donors (Lipinski definition) is 0. The van der Waals surface area contributed by atoms with Gasteiger partial charge >= 0.3 is 0 Å². The van der Waals surface area contributed by atoms with Crippen molar-refractivity contribution in [2.75, 3.05) is 0 Å². The molecule has 102 heavy (non-hydrogen) atoms. The van der Waals surface area contributed by atoms with E-state index in [1.807, 2.05) is 0 Å². The monoisotopic (exact) mass is 1300 g/mol. The van der Waals surface area contributed by atoms with Crippen molar-refractivity contribution in [3.05, 3.63) is 369 Å². The van der Waals surface area contributed by atoms with Crippen molar-refractivity contribution in [2.45, 2.75) is 13.8 Å². The largest absolute Gasteiger partial charge is 0.305 e. The zero-order valence-electron chi connectivity index (χ0n) is 56.3. The number of benzene rings is 15. The van der Waals surface area contributed by atoms with E-state index in [1.165, 1.54) is 0 Å². The van der Waals surface area contributed by atoms with E-state index >= 15 is 0 Å². The fourth-order valence-electron chi connectivity index (χ4n) is 17.0. The van der Waals surface area contributed by atoms with Crippen LogP contribution in [0, 0.1) is 13.8 Å². The molecule has 0 radical (unpaired) electrons. The molecule has 0 fully saturated rings.